The Bertz CT molecular complexity index is 1090. The predicted octanol–water partition coefficient (Wildman–Crippen LogP) is 4.19. The molecule has 2 heterocycles. The summed E-state index contributed by atoms with van der Waals surface area (Å²) < 4.78 is 1.62. The second-order valence-electron chi connectivity index (χ2n) is 7.61. The molecule has 29 heavy (non-hydrogen) atoms. The maximum Gasteiger partial charge on any atom is 0.266 e. The highest BCUT2D eigenvalue weighted by Gasteiger charge is 2.24. The Hall–Kier alpha value is -2.60. The largest absolute Gasteiger partial charge is 0.339 e. The summed E-state index contributed by atoms with van der Waals surface area (Å²) in [6.07, 6.45) is 3.29. The number of piperidine rings is 1. The van der Waals surface area contributed by atoms with Gasteiger partial charge in [0.1, 0.15) is 0 Å². The number of para-hydroxylation sites is 1. The van der Waals surface area contributed by atoms with E-state index in [1.807, 2.05) is 54.3 Å². The molecule has 1 amide bonds. The number of benzene rings is 2. The maximum absolute atomic E-state index is 13.2. The van der Waals surface area contributed by atoms with Crippen LogP contribution in [0.2, 0.25) is 0 Å². The number of nitrogens with zero attached hydrogens (tertiary/aromatic N) is 3. The summed E-state index contributed by atoms with van der Waals surface area (Å²) in [6, 6.07) is 15.4. The van der Waals surface area contributed by atoms with Crippen molar-refractivity contribution in [3.8, 4) is 5.69 Å². The van der Waals surface area contributed by atoms with E-state index in [2.05, 4.69) is 6.92 Å². The Morgan fingerprint density at radius 1 is 1.14 bits per heavy atom. The Morgan fingerprint density at radius 2 is 1.90 bits per heavy atom. The van der Waals surface area contributed by atoms with Crippen LogP contribution in [0.25, 0.3) is 16.6 Å². The number of carbonyl (C=O) groups is 1. The van der Waals surface area contributed by atoms with Gasteiger partial charge in [0.25, 0.3) is 5.56 Å². The number of hydrogen-bond acceptors (Lipinski definition) is 4. The van der Waals surface area contributed by atoms with Gasteiger partial charge in [-0.05, 0) is 57.4 Å². The van der Waals surface area contributed by atoms with Crippen molar-refractivity contribution in [1.82, 2.24) is 14.5 Å². The summed E-state index contributed by atoms with van der Waals surface area (Å²) in [4.78, 5) is 32.8. The third kappa shape index (κ3) is 4.08. The van der Waals surface area contributed by atoms with Crippen molar-refractivity contribution >= 4 is 28.6 Å². The predicted molar refractivity (Wildman–Crippen MR) is 118 cm³/mol. The lowest BCUT2D eigenvalue weighted by Gasteiger charge is -2.33. The Kier molecular flexibility index (Phi) is 5.72. The number of aryl methyl sites for hydroxylation is 1. The molecule has 0 N–H and O–H groups in total. The zero-order chi connectivity index (χ0) is 20.4. The van der Waals surface area contributed by atoms with Crippen molar-refractivity contribution in [1.29, 1.82) is 0 Å². The summed E-state index contributed by atoms with van der Waals surface area (Å²) in [5, 5.41) is 1.13. The fraction of sp³-hybridized carbons (Fsp3) is 0.348. The molecule has 1 aliphatic heterocycles. The smallest absolute Gasteiger partial charge is 0.266 e. The third-order valence-corrected chi connectivity index (χ3v) is 6.41. The van der Waals surface area contributed by atoms with Gasteiger partial charge in [0.05, 0.1) is 22.3 Å². The standard InChI is InChI=1S/C23H25N3O2S/c1-16-10-12-18(13-11-16)26-22(28)19-8-3-4-9-20(19)24-23(26)29-15-21(27)25-14-6-5-7-17(25)2/h3-4,8-13,17H,5-7,14-15H2,1-2H3/t17-/m0/s1. The molecule has 1 saturated heterocycles. The highest BCUT2D eigenvalue weighted by molar-refractivity contribution is 7.99. The number of hydrogen-bond donors (Lipinski definition) is 0. The van der Waals surface area contributed by atoms with E-state index in [4.69, 9.17) is 4.98 Å². The summed E-state index contributed by atoms with van der Waals surface area (Å²) >= 11 is 1.34. The summed E-state index contributed by atoms with van der Waals surface area (Å²) in [5.74, 6) is 0.390. The van der Waals surface area contributed by atoms with Crippen LogP contribution in [0, 0.1) is 6.92 Å². The average molecular weight is 408 g/mol. The first kappa shape index (κ1) is 19.7. The van der Waals surface area contributed by atoms with Crippen molar-refractivity contribution < 1.29 is 4.79 Å². The Labute approximate surface area is 174 Å². The zero-order valence-corrected chi connectivity index (χ0v) is 17.6. The maximum atomic E-state index is 13.2. The second-order valence-corrected chi connectivity index (χ2v) is 8.55. The third-order valence-electron chi connectivity index (χ3n) is 5.49. The molecule has 1 aromatic heterocycles. The van der Waals surface area contributed by atoms with E-state index < -0.39 is 0 Å². The number of amides is 1. The number of aromatic nitrogens is 2. The van der Waals surface area contributed by atoms with Crippen LogP contribution in [0.4, 0.5) is 0 Å². The zero-order valence-electron chi connectivity index (χ0n) is 16.8. The lowest BCUT2D eigenvalue weighted by molar-refractivity contribution is -0.131. The van der Waals surface area contributed by atoms with E-state index in [1.165, 1.54) is 18.2 Å². The monoisotopic (exact) mass is 407 g/mol. The van der Waals surface area contributed by atoms with Gasteiger partial charge in [0, 0.05) is 12.6 Å². The van der Waals surface area contributed by atoms with Gasteiger partial charge < -0.3 is 4.90 Å². The number of fused-ring (bicyclic) bond motifs is 1. The van der Waals surface area contributed by atoms with Crippen LogP contribution >= 0.6 is 11.8 Å². The molecule has 150 valence electrons. The molecule has 3 aromatic rings. The molecule has 5 nitrogen and oxygen atoms in total. The Morgan fingerprint density at radius 3 is 2.66 bits per heavy atom. The van der Waals surface area contributed by atoms with Gasteiger partial charge in [0.15, 0.2) is 5.16 Å². The second kappa shape index (κ2) is 8.41. The van der Waals surface area contributed by atoms with E-state index in [0.29, 0.717) is 16.1 Å². The van der Waals surface area contributed by atoms with E-state index in [0.717, 1.165) is 30.6 Å². The van der Waals surface area contributed by atoms with Crippen molar-refractivity contribution in [2.24, 2.45) is 0 Å². The average Bonchev–Trinajstić information content (AvgIpc) is 2.73. The number of thioether (sulfide) groups is 1. The van der Waals surface area contributed by atoms with Gasteiger partial charge in [-0.3, -0.25) is 14.2 Å². The summed E-state index contributed by atoms with van der Waals surface area (Å²) in [7, 11) is 0. The normalized spacial score (nSPS) is 16.9. The topological polar surface area (TPSA) is 55.2 Å². The molecular weight excluding hydrogens is 382 g/mol. The number of rotatable bonds is 4. The van der Waals surface area contributed by atoms with E-state index in [9.17, 15) is 9.59 Å². The molecule has 0 spiro atoms. The molecule has 0 aliphatic carbocycles. The van der Waals surface area contributed by atoms with Gasteiger partial charge in [-0.1, -0.05) is 41.6 Å². The SMILES string of the molecule is Cc1ccc(-n2c(SCC(=O)N3CCCC[C@@H]3C)nc3ccccc3c2=O)cc1. The molecule has 0 unspecified atom stereocenters. The lowest BCUT2D eigenvalue weighted by Crippen LogP contribution is -2.43. The molecule has 6 heteroatoms. The fourth-order valence-corrected chi connectivity index (χ4v) is 4.71. The molecule has 0 bridgehead atoms. The minimum Gasteiger partial charge on any atom is -0.339 e. The summed E-state index contributed by atoms with van der Waals surface area (Å²) in [6.45, 7) is 4.94. The number of carbonyl (C=O) groups excluding carboxylic acids is 1. The molecule has 1 atom stereocenters. The van der Waals surface area contributed by atoms with Gasteiger partial charge in [-0.2, -0.15) is 0 Å². The van der Waals surface area contributed by atoms with Crippen molar-refractivity contribution in [2.75, 3.05) is 12.3 Å². The minimum absolute atomic E-state index is 0.110. The highest BCUT2D eigenvalue weighted by Crippen LogP contribution is 2.24. The van der Waals surface area contributed by atoms with Gasteiger partial charge in [-0.25, -0.2) is 4.98 Å². The molecule has 0 radical (unpaired) electrons. The first-order valence-corrected chi connectivity index (χ1v) is 11.0. The highest BCUT2D eigenvalue weighted by atomic mass is 32.2. The fourth-order valence-electron chi connectivity index (χ4n) is 3.81. The van der Waals surface area contributed by atoms with Crippen molar-refractivity contribution in [3.05, 3.63) is 64.4 Å². The first-order chi connectivity index (χ1) is 14.0. The number of likely N-dealkylation sites (tertiary alicyclic amines) is 1. The van der Waals surface area contributed by atoms with Crippen LogP contribution in [-0.2, 0) is 4.79 Å². The van der Waals surface area contributed by atoms with Crippen LogP contribution < -0.4 is 5.56 Å². The molecule has 0 saturated carbocycles. The van der Waals surface area contributed by atoms with E-state index in [-0.39, 0.29) is 23.3 Å². The molecular formula is C23H25N3O2S. The minimum atomic E-state index is -0.110. The molecule has 4 rings (SSSR count). The van der Waals surface area contributed by atoms with Crippen LogP contribution in [0.1, 0.15) is 31.7 Å². The molecule has 1 aliphatic rings. The van der Waals surface area contributed by atoms with Crippen LogP contribution in [-0.4, -0.2) is 38.7 Å². The quantitative estimate of drug-likeness (QED) is 0.481. The van der Waals surface area contributed by atoms with Crippen LogP contribution in [0.15, 0.2) is 58.5 Å². The van der Waals surface area contributed by atoms with Crippen molar-refractivity contribution in [3.63, 3.8) is 0 Å². The van der Waals surface area contributed by atoms with Crippen LogP contribution in [0.3, 0.4) is 0 Å². The lowest BCUT2D eigenvalue weighted by atomic mass is 10.0. The van der Waals surface area contributed by atoms with Crippen molar-refractivity contribution in [2.45, 2.75) is 44.3 Å². The van der Waals surface area contributed by atoms with Gasteiger partial charge in [-0.15, -0.1) is 0 Å². The first-order valence-electron chi connectivity index (χ1n) is 10.1. The van der Waals surface area contributed by atoms with E-state index >= 15 is 0 Å². The van der Waals surface area contributed by atoms with Crippen LogP contribution in [0.5, 0.6) is 0 Å². The van der Waals surface area contributed by atoms with Gasteiger partial charge in [0.2, 0.25) is 5.91 Å². The van der Waals surface area contributed by atoms with Gasteiger partial charge >= 0.3 is 0 Å². The molecule has 1 fully saturated rings. The Balaban J connectivity index is 1.70. The summed E-state index contributed by atoms with van der Waals surface area (Å²) in [5.41, 5.74) is 2.43. The van der Waals surface area contributed by atoms with E-state index in [1.54, 1.807) is 10.6 Å². The molecule has 2 aromatic carbocycles.